The van der Waals surface area contributed by atoms with Gasteiger partial charge in [0.25, 0.3) is 0 Å². The van der Waals surface area contributed by atoms with Crippen molar-refractivity contribution < 1.29 is 50.1 Å². The number of benzene rings is 2. The fraction of sp³-hybridized carbons (Fsp3) is 0.556. The average molecular weight is 699 g/mol. The van der Waals surface area contributed by atoms with E-state index in [1.165, 1.54) is 12.0 Å². The van der Waals surface area contributed by atoms with Gasteiger partial charge in [-0.15, -0.1) is 0 Å². The van der Waals surface area contributed by atoms with Crippen LogP contribution in [0.2, 0.25) is 0 Å². The van der Waals surface area contributed by atoms with Crippen LogP contribution in [0.5, 0.6) is 5.75 Å². The smallest absolute Gasteiger partial charge is 0.416 e. The van der Waals surface area contributed by atoms with Gasteiger partial charge in [0, 0.05) is 18.7 Å². The van der Waals surface area contributed by atoms with Crippen LogP contribution in [0.15, 0.2) is 42.0 Å². The summed E-state index contributed by atoms with van der Waals surface area (Å²) < 4.78 is 98.0. The van der Waals surface area contributed by atoms with Crippen molar-refractivity contribution in [1.82, 2.24) is 9.80 Å². The molecule has 4 rings (SSSR count). The number of allylic oxidation sites excluding steroid dienone is 1. The summed E-state index contributed by atoms with van der Waals surface area (Å²) >= 11 is 0. The Hall–Kier alpha value is -3.74. The minimum Gasteiger partial charge on any atom is -0.496 e. The lowest BCUT2D eigenvalue weighted by atomic mass is 9.72. The van der Waals surface area contributed by atoms with E-state index in [4.69, 9.17) is 14.2 Å². The molecule has 2 aromatic carbocycles. The maximum Gasteiger partial charge on any atom is 0.416 e. The summed E-state index contributed by atoms with van der Waals surface area (Å²) in [5, 5.41) is 0. The first-order valence-corrected chi connectivity index (χ1v) is 16.1. The van der Waals surface area contributed by atoms with E-state index in [2.05, 4.69) is 13.8 Å². The Balaban J connectivity index is 1.72. The number of likely N-dealkylation sites (N-methyl/N-ethyl adjacent to an activating group) is 1. The molecule has 2 aromatic rings. The number of hydrogen-bond acceptors (Lipinski definition) is 6. The summed E-state index contributed by atoms with van der Waals surface area (Å²) in [7, 11) is 4.75. The molecule has 0 saturated carbocycles. The zero-order valence-electron chi connectivity index (χ0n) is 29.0. The molecule has 0 aromatic heterocycles. The second-order valence-electron chi connectivity index (χ2n) is 14.1. The van der Waals surface area contributed by atoms with E-state index in [-0.39, 0.29) is 35.5 Å². The molecule has 1 fully saturated rings. The van der Waals surface area contributed by atoms with Gasteiger partial charge in [0.1, 0.15) is 17.9 Å². The van der Waals surface area contributed by atoms with Crippen molar-refractivity contribution >= 4 is 17.6 Å². The lowest BCUT2D eigenvalue weighted by Crippen LogP contribution is -2.42. The van der Waals surface area contributed by atoms with Crippen molar-refractivity contribution in [2.45, 2.75) is 91.0 Å². The van der Waals surface area contributed by atoms with E-state index in [9.17, 15) is 35.9 Å². The fourth-order valence-electron chi connectivity index (χ4n) is 6.96. The van der Waals surface area contributed by atoms with Gasteiger partial charge in [0.05, 0.1) is 31.4 Å². The van der Waals surface area contributed by atoms with Crippen LogP contribution in [-0.2, 0) is 33.2 Å². The fourth-order valence-corrected chi connectivity index (χ4v) is 6.96. The highest BCUT2D eigenvalue weighted by Gasteiger charge is 2.44. The van der Waals surface area contributed by atoms with Crippen molar-refractivity contribution in [2.75, 3.05) is 27.8 Å². The number of carbonyl (C=O) groups excluding carboxylic acids is 2. The number of nitrogens with zero attached hydrogens (tertiary/aromatic N) is 2. The standard InChI is InChI=1S/C36H44F6N2O5/c1-20(2)30(32(45)48-8)43(6)18-22-9-10-29(47-7)28(13-22)27-11-12-34(4,5)17-24(27)19-44-21(3)31(49-33(44)46)23-14-25(35(37,38)39)16-26(15-23)36(40,41)42/h9-10,13-16,20-21,30-31H,11-12,17-19H2,1-8H3/t21-,30?,31-/m0/s1. The van der Waals surface area contributed by atoms with E-state index < -0.39 is 47.8 Å². The summed E-state index contributed by atoms with van der Waals surface area (Å²) in [4.78, 5) is 29.1. The first kappa shape index (κ1) is 38.1. The van der Waals surface area contributed by atoms with E-state index in [0.29, 0.717) is 37.3 Å². The van der Waals surface area contributed by atoms with Crippen molar-refractivity contribution in [3.8, 4) is 5.75 Å². The third-order valence-electron chi connectivity index (χ3n) is 9.43. The number of ether oxygens (including phenoxy) is 3. The Morgan fingerprint density at radius 3 is 2.18 bits per heavy atom. The van der Waals surface area contributed by atoms with E-state index in [1.807, 2.05) is 44.0 Å². The number of carbonyl (C=O) groups is 2. The van der Waals surface area contributed by atoms with Gasteiger partial charge in [-0.25, -0.2) is 4.79 Å². The number of hydrogen-bond donors (Lipinski definition) is 0. The SMILES string of the molecule is COC(=O)C(C(C)C)N(C)Cc1ccc(OC)c(C2=C(CN3C(=O)O[C@H](c4cc(C(F)(F)F)cc(C(F)(F)F)c4)[C@@H]3C)CC(C)(C)CC2)c1. The molecule has 49 heavy (non-hydrogen) atoms. The molecule has 0 radical (unpaired) electrons. The van der Waals surface area contributed by atoms with E-state index in [0.717, 1.165) is 28.7 Å². The van der Waals surface area contributed by atoms with Gasteiger partial charge >= 0.3 is 24.4 Å². The summed E-state index contributed by atoms with van der Waals surface area (Å²) in [6, 6.07) is 5.69. The number of rotatable bonds is 10. The lowest BCUT2D eigenvalue weighted by Gasteiger charge is -2.36. The van der Waals surface area contributed by atoms with Gasteiger partial charge < -0.3 is 14.2 Å². The van der Waals surface area contributed by atoms with Gasteiger partial charge in [-0.2, -0.15) is 26.3 Å². The van der Waals surface area contributed by atoms with Gasteiger partial charge in [0.15, 0.2) is 0 Å². The Morgan fingerprint density at radius 1 is 1.04 bits per heavy atom. The number of esters is 1. The summed E-state index contributed by atoms with van der Waals surface area (Å²) in [6.07, 6.45) is -10.2. The van der Waals surface area contributed by atoms with Crippen LogP contribution in [0, 0.1) is 11.3 Å². The monoisotopic (exact) mass is 698 g/mol. The minimum atomic E-state index is -5.04. The summed E-state index contributed by atoms with van der Waals surface area (Å²) in [5.41, 5.74) is 0.0722. The molecule has 13 heteroatoms. The number of halogens is 6. The van der Waals surface area contributed by atoms with Crippen LogP contribution in [-0.4, -0.2) is 61.8 Å². The number of amides is 1. The highest BCUT2D eigenvalue weighted by molar-refractivity contribution is 5.77. The molecule has 0 bridgehead atoms. The Labute approximate surface area is 283 Å². The molecular weight excluding hydrogens is 654 g/mol. The lowest BCUT2D eigenvalue weighted by molar-refractivity contribution is -0.148. The van der Waals surface area contributed by atoms with Gasteiger partial charge in [-0.05, 0) is 97.2 Å². The Morgan fingerprint density at radius 2 is 1.65 bits per heavy atom. The molecule has 2 aliphatic rings. The molecule has 1 aliphatic carbocycles. The molecule has 0 spiro atoms. The maximum atomic E-state index is 13.6. The zero-order valence-corrected chi connectivity index (χ0v) is 29.0. The van der Waals surface area contributed by atoms with Gasteiger partial charge in [-0.3, -0.25) is 14.6 Å². The topological polar surface area (TPSA) is 68.3 Å². The third-order valence-corrected chi connectivity index (χ3v) is 9.43. The normalized spacial score (nSPS) is 20.6. The summed E-state index contributed by atoms with van der Waals surface area (Å²) in [6.45, 7) is 10.1. The van der Waals surface area contributed by atoms with Crippen LogP contribution in [0.3, 0.4) is 0 Å². The molecular formula is C36H44F6N2O5. The van der Waals surface area contributed by atoms with Gasteiger partial charge in [-0.1, -0.05) is 33.8 Å². The molecule has 3 atom stereocenters. The number of methoxy groups -OCH3 is 2. The molecule has 1 amide bonds. The highest BCUT2D eigenvalue weighted by Crippen LogP contribution is 2.47. The summed E-state index contributed by atoms with van der Waals surface area (Å²) in [5.74, 6) is 0.257. The molecule has 1 unspecified atom stereocenters. The quantitative estimate of drug-likeness (QED) is 0.182. The molecule has 1 saturated heterocycles. The van der Waals surface area contributed by atoms with Crippen LogP contribution >= 0.6 is 0 Å². The third kappa shape index (κ3) is 8.53. The largest absolute Gasteiger partial charge is 0.496 e. The van der Waals surface area contributed by atoms with E-state index in [1.54, 1.807) is 14.0 Å². The Bertz CT molecular complexity index is 1550. The van der Waals surface area contributed by atoms with E-state index >= 15 is 0 Å². The van der Waals surface area contributed by atoms with Crippen LogP contribution < -0.4 is 4.74 Å². The van der Waals surface area contributed by atoms with Gasteiger partial charge in [0.2, 0.25) is 0 Å². The Kier molecular flexibility index (Phi) is 11.1. The minimum absolute atomic E-state index is 0.00734. The maximum absolute atomic E-state index is 13.6. The van der Waals surface area contributed by atoms with Crippen molar-refractivity contribution in [1.29, 1.82) is 0 Å². The van der Waals surface area contributed by atoms with Crippen molar-refractivity contribution in [2.24, 2.45) is 11.3 Å². The van der Waals surface area contributed by atoms with Crippen molar-refractivity contribution in [3.05, 3.63) is 69.8 Å². The van der Waals surface area contributed by atoms with Crippen LogP contribution in [0.25, 0.3) is 5.57 Å². The average Bonchev–Trinajstić information content (AvgIpc) is 3.28. The van der Waals surface area contributed by atoms with Crippen molar-refractivity contribution in [3.63, 3.8) is 0 Å². The second kappa shape index (κ2) is 14.2. The van der Waals surface area contributed by atoms with Crippen LogP contribution in [0.4, 0.5) is 31.1 Å². The molecule has 0 N–H and O–H groups in total. The highest BCUT2D eigenvalue weighted by atomic mass is 19.4. The van der Waals surface area contributed by atoms with Crippen LogP contribution in [0.1, 0.15) is 87.8 Å². The first-order chi connectivity index (χ1) is 22.7. The second-order valence-corrected chi connectivity index (χ2v) is 14.1. The first-order valence-electron chi connectivity index (χ1n) is 16.1. The predicted molar refractivity (Wildman–Crippen MR) is 171 cm³/mol. The predicted octanol–water partition coefficient (Wildman–Crippen LogP) is 8.91. The molecule has 7 nitrogen and oxygen atoms in total. The zero-order chi connectivity index (χ0) is 36.6. The molecule has 1 aliphatic heterocycles. The molecule has 270 valence electrons. The number of cyclic esters (lactones) is 1. The number of alkyl halides is 6. The molecule has 1 heterocycles.